The van der Waals surface area contributed by atoms with E-state index in [0.29, 0.717) is 17.2 Å². The Bertz CT molecular complexity index is 582. The lowest BCUT2D eigenvalue weighted by Crippen LogP contribution is -2.14. The maximum atomic E-state index is 9.08. The van der Waals surface area contributed by atoms with Gasteiger partial charge in [0.15, 0.2) is 5.82 Å². The molecule has 2 atom stereocenters. The number of aliphatic hydroxyl groups excluding tert-OH is 1. The molecule has 1 fully saturated rings. The van der Waals surface area contributed by atoms with Gasteiger partial charge in [-0.2, -0.15) is 0 Å². The molecule has 3 rings (SSSR count). The molecule has 0 radical (unpaired) electrons. The number of nitrogen functional groups attached to an aromatic ring is 2. The van der Waals surface area contributed by atoms with Gasteiger partial charge in [-0.15, -0.1) is 0 Å². The minimum absolute atomic E-state index is 0.0367. The van der Waals surface area contributed by atoms with E-state index in [0.717, 1.165) is 18.4 Å². The summed E-state index contributed by atoms with van der Waals surface area (Å²) in [7, 11) is 0. The van der Waals surface area contributed by atoms with Crippen molar-refractivity contribution < 1.29 is 9.84 Å². The number of ether oxygens (including phenoxy) is 1. The molecular formula is C11H15N5O2. The fourth-order valence-corrected chi connectivity index (χ4v) is 2.33. The van der Waals surface area contributed by atoms with E-state index in [1.54, 1.807) is 12.4 Å². The molecule has 0 spiro atoms. The van der Waals surface area contributed by atoms with Crippen LogP contribution >= 0.6 is 0 Å². The van der Waals surface area contributed by atoms with E-state index in [9.17, 15) is 0 Å². The van der Waals surface area contributed by atoms with Crippen molar-refractivity contribution in [3.63, 3.8) is 0 Å². The molecule has 2 aromatic rings. The number of hydrogen-bond acceptors (Lipinski definition) is 6. The molecule has 7 heteroatoms. The van der Waals surface area contributed by atoms with Crippen molar-refractivity contribution in [2.24, 2.45) is 0 Å². The first-order valence-corrected chi connectivity index (χ1v) is 5.84. The number of aliphatic hydroxyl groups is 1. The molecule has 0 aromatic carbocycles. The normalized spacial score (nSPS) is 23.8. The first kappa shape index (κ1) is 11.2. The molecule has 1 aliphatic heterocycles. The average Bonchev–Trinajstić information content (AvgIpc) is 2.93. The number of nitrogens with two attached hydrogens (primary N) is 2. The van der Waals surface area contributed by atoms with E-state index in [1.165, 1.54) is 0 Å². The zero-order chi connectivity index (χ0) is 12.7. The Hall–Kier alpha value is -1.86. The Kier molecular flexibility index (Phi) is 2.57. The van der Waals surface area contributed by atoms with Gasteiger partial charge in [0, 0.05) is 6.07 Å². The van der Waals surface area contributed by atoms with E-state index in [1.807, 2.05) is 4.57 Å². The van der Waals surface area contributed by atoms with Gasteiger partial charge in [-0.05, 0) is 12.8 Å². The molecule has 1 saturated heterocycles. The molecule has 0 amide bonds. The number of aromatic nitrogens is 3. The van der Waals surface area contributed by atoms with E-state index in [2.05, 4.69) is 9.97 Å². The van der Waals surface area contributed by atoms with Crippen molar-refractivity contribution in [3.8, 4) is 0 Å². The number of imidazole rings is 1. The van der Waals surface area contributed by atoms with E-state index < -0.39 is 0 Å². The maximum Gasteiger partial charge on any atom is 0.154 e. The second kappa shape index (κ2) is 4.11. The van der Waals surface area contributed by atoms with Crippen LogP contribution in [-0.2, 0) is 4.74 Å². The van der Waals surface area contributed by atoms with Crippen LogP contribution < -0.4 is 11.5 Å². The zero-order valence-corrected chi connectivity index (χ0v) is 9.78. The smallest absolute Gasteiger partial charge is 0.154 e. The highest BCUT2D eigenvalue weighted by Gasteiger charge is 2.27. The lowest BCUT2D eigenvalue weighted by atomic mass is 10.2. The topological polar surface area (TPSA) is 112 Å². The third kappa shape index (κ3) is 1.68. The molecule has 5 N–H and O–H groups in total. The van der Waals surface area contributed by atoms with Crippen LogP contribution in [0.3, 0.4) is 0 Å². The van der Waals surface area contributed by atoms with Gasteiger partial charge in [0.25, 0.3) is 0 Å². The quantitative estimate of drug-likeness (QED) is 0.704. The average molecular weight is 249 g/mol. The Morgan fingerprint density at radius 2 is 2.28 bits per heavy atom. The number of pyridine rings is 1. The summed E-state index contributed by atoms with van der Waals surface area (Å²) in [5.74, 6) is 0.680. The summed E-state index contributed by atoms with van der Waals surface area (Å²) in [4.78, 5) is 8.20. The first-order chi connectivity index (χ1) is 8.69. The minimum Gasteiger partial charge on any atom is -0.394 e. The fourth-order valence-electron chi connectivity index (χ4n) is 2.33. The van der Waals surface area contributed by atoms with Crippen molar-refractivity contribution in [2.75, 3.05) is 18.1 Å². The standard InChI is InChI=1S/C11H15N5O2/c12-8-3-7-10(11(13)15-8)14-5-16(7)9-2-1-6(4-17)18-9/h3,5-6,9,17H,1-2,4H2,(H4,12,13,15)/t6-,9-/m0/s1. The van der Waals surface area contributed by atoms with Crippen LogP contribution in [-0.4, -0.2) is 32.4 Å². The predicted octanol–water partition coefficient (Wildman–Crippen LogP) is 0.266. The van der Waals surface area contributed by atoms with Crippen molar-refractivity contribution in [2.45, 2.75) is 25.2 Å². The van der Waals surface area contributed by atoms with Crippen molar-refractivity contribution in [3.05, 3.63) is 12.4 Å². The Balaban J connectivity index is 2.03. The first-order valence-electron chi connectivity index (χ1n) is 5.84. The summed E-state index contributed by atoms with van der Waals surface area (Å²) in [6, 6.07) is 1.73. The summed E-state index contributed by atoms with van der Waals surface area (Å²) in [5, 5.41) is 9.08. The number of nitrogens with zero attached hydrogens (tertiary/aromatic N) is 3. The van der Waals surface area contributed by atoms with E-state index >= 15 is 0 Å². The van der Waals surface area contributed by atoms with Crippen molar-refractivity contribution >= 4 is 22.7 Å². The molecule has 0 bridgehead atoms. The lowest BCUT2D eigenvalue weighted by molar-refractivity contribution is -0.0204. The Morgan fingerprint density at radius 3 is 3.00 bits per heavy atom. The summed E-state index contributed by atoms with van der Waals surface area (Å²) < 4.78 is 7.60. The zero-order valence-electron chi connectivity index (χ0n) is 9.78. The van der Waals surface area contributed by atoms with Gasteiger partial charge in [0.2, 0.25) is 0 Å². The van der Waals surface area contributed by atoms with Crippen molar-refractivity contribution in [1.29, 1.82) is 0 Å². The van der Waals surface area contributed by atoms with Crippen LogP contribution in [0.5, 0.6) is 0 Å². The maximum absolute atomic E-state index is 9.08. The molecule has 1 aliphatic rings. The van der Waals surface area contributed by atoms with Gasteiger partial charge in [-0.1, -0.05) is 0 Å². The second-order valence-electron chi connectivity index (χ2n) is 4.42. The van der Waals surface area contributed by atoms with Gasteiger partial charge >= 0.3 is 0 Å². The van der Waals surface area contributed by atoms with E-state index in [4.69, 9.17) is 21.3 Å². The molecule has 3 heterocycles. The minimum atomic E-state index is -0.131. The molecule has 2 aromatic heterocycles. The second-order valence-corrected chi connectivity index (χ2v) is 4.42. The van der Waals surface area contributed by atoms with Gasteiger partial charge < -0.3 is 25.9 Å². The summed E-state index contributed by atoms with van der Waals surface area (Å²) in [5.41, 5.74) is 12.9. The number of fused-ring (bicyclic) bond motifs is 1. The third-order valence-corrected chi connectivity index (χ3v) is 3.21. The largest absolute Gasteiger partial charge is 0.394 e. The van der Waals surface area contributed by atoms with Crippen LogP contribution in [0, 0.1) is 0 Å². The van der Waals surface area contributed by atoms with Crippen LogP contribution in [0.4, 0.5) is 11.6 Å². The van der Waals surface area contributed by atoms with Crippen molar-refractivity contribution in [1.82, 2.24) is 14.5 Å². The number of anilines is 2. The van der Waals surface area contributed by atoms with Gasteiger partial charge in [-0.25, -0.2) is 9.97 Å². The highest BCUT2D eigenvalue weighted by Crippen LogP contribution is 2.31. The summed E-state index contributed by atoms with van der Waals surface area (Å²) in [6.45, 7) is 0.0367. The summed E-state index contributed by atoms with van der Waals surface area (Å²) >= 11 is 0. The third-order valence-electron chi connectivity index (χ3n) is 3.21. The van der Waals surface area contributed by atoms with Gasteiger partial charge in [0.1, 0.15) is 17.6 Å². The molecule has 96 valence electrons. The van der Waals surface area contributed by atoms with Gasteiger partial charge in [-0.3, -0.25) is 0 Å². The SMILES string of the molecule is Nc1cc2c(ncn2[C@@H]2CC[C@@H](CO)O2)c(N)n1. The molecule has 0 saturated carbocycles. The predicted molar refractivity (Wildman–Crippen MR) is 66.6 cm³/mol. The lowest BCUT2D eigenvalue weighted by Gasteiger charge is -2.14. The monoisotopic (exact) mass is 249 g/mol. The molecule has 7 nitrogen and oxygen atoms in total. The Morgan fingerprint density at radius 1 is 1.44 bits per heavy atom. The van der Waals surface area contributed by atoms with Crippen LogP contribution in [0.2, 0.25) is 0 Å². The molecular weight excluding hydrogens is 234 g/mol. The molecule has 0 unspecified atom stereocenters. The Labute approximate surface area is 103 Å². The highest BCUT2D eigenvalue weighted by molar-refractivity contribution is 5.87. The van der Waals surface area contributed by atoms with Gasteiger partial charge in [0.05, 0.1) is 24.6 Å². The van der Waals surface area contributed by atoms with E-state index in [-0.39, 0.29) is 18.9 Å². The van der Waals surface area contributed by atoms with Crippen LogP contribution in [0.1, 0.15) is 19.1 Å². The van der Waals surface area contributed by atoms with Crippen LogP contribution in [0.25, 0.3) is 11.0 Å². The molecule has 18 heavy (non-hydrogen) atoms. The number of rotatable bonds is 2. The summed E-state index contributed by atoms with van der Waals surface area (Å²) in [6.07, 6.45) is 3.10. The molecule has 0 aliphatic carbocycles. The van der Waals surface area contributed by atoms with Crippen LogP contribution in [0.15, 0.2) is 12.4 Å². The number of hydrogen-bond donors (Lipinski definition) is 3. The highest BCUT2D eigenvalue weighted by atomic mass is 16.5. The fraction of sp³-hybridized carbons (Fsp3) is 0.455.